The molecule has 5 nitrogen and oxygen atoms in total. The number of benzene rings is 2. The first-order valence-electron chi connectivity index (χ1n) is 8.23. The summed E-state index contributed by atoms with van der Waals surface area (Å²) >= 11 is 1.40. The minimum atomic E-state index is -0.795. The van der Waals surface area contributed by atoms with Gasteiger partial charge >= 0.3 is 0 Å². The Bertz CT molecular complexity index is 869. The molecular weight excluding hydrogens is 374 g/mol. The first-order chi connectivity index (χ1) is 13.0. The summed E-state index contributed by atoms with van der Waals surface area (Å²) in [6.45, 7) is 0.412. The Balaban J connectivity index is 1.98. The number of halogens is 2. The average molecular weight is 392 g/mol. The van der Waals surface area contributed by atoms with Crippen molar-refractivity contribution in [3.63, 3.8) is 0 Å². The molecule has 0 unspecified atom stereocenters. The van der Waals surface area contributed by atoms with Gasteiger partial charge in [-0.15, -0.1) is 0 Å². The Kier molecular flexibility index (Phi) is 5.95. The van der Waals surface area contributed by atoms with Gasteiger partial charge in [0.1, 0.15) is 28.8 Å². The number of amides is 1. The Morgan fingerprint density at radius 3 is 2.52 bits per heavy atom. The van der Waals surface area contributed by atoms with Crippen LogP contribution >= 0.6 is 11.8 Å². The topological polar surface area (TPSA) is 51.1 Å². The zero-order valence-electron chi connectivity index (χ0n) is 14.9. The molecule has 1 aliphatic rings. The number of carbonyl (C=O) groups excluding carboxylic acids is 1. The fraction of sp³-hybridized carbons (Fsp3) is 0.263. The van der Waals surface area contributed by atoms with Crippen LogP contribution < -0.4 is 9.47 Å². The van der Waals surface area contributed by atoms with E-state index in [0.717, 1.165) is 30.4 Å². The fourth-order valence-electron chi connectivity index (χ4n) is 2.66. The molecule has 3 rings (SSSR count). The predicted octanol–water partition coefficient (Wildman–Crippen LogP) is 4.25. The van der Waals surface area contributed by atoms with Crippen LogP contribution in [0.5, 0.6) is 11.5 Å². The average Bonchev–Trinajstić information content (AvgIpc) is 2.67. The van der Waals surface area contributed by atoms with Gasteiger partial charge in [0.05, 0.1) is 14.2 Å². The molecule has 27 heavy (non-hydrogen) atoms. The summed E-state index contributed by atoms with van der Waals surface area (Å²) in [4.78, 5) is 18.8. The lowest BCUT2D eigenvalue weighted by Gasteiger charge is -2.28. The van der Waals surface area contributed by atoms with Gasteiger partial charge in [-0.3, -0.25) is 9.69 Å². The maximum atomic E-state index is 13.5. The van der Waals surface area contributed by atoms with Crippen molar-refractivity contribution in [1.82, 2.24) is 4.90 Å². The Morgan fingerprint density at radius 1 is 1.11 bits per heavy atom. The molecule has 0 bridgehead atoms. The number of nitrogens with zero attached hydrogens (tertiary/aromatic N) is 2. The van der Waals surface area contributed by atoms with Crippen molar-refractivity contribution in [2.24, 2.45) is 4.99 Å². The second-order valence-corrected chi connectivity index (χ2v) is 6.81. The van der Waals surface area contributed by atoms with Crippen LogP contribution in [-0.2, 0) is 0 Å². The Labute approximate surface area is 160 Å². The van der Waals surface area contributed by atoms with E-state index in [-0.39, 0.29) is 5.56 Å². The number of ether oxygens (including phenoxy) is 2. The molecule has 1 fully saturated rings. The fourth-order valence-corrected chi connectivity index (χ4v) is 3.61. The molecule has 0 N–H and O–H groups in total. The van der Waals surface area contributed by atoms with Crippen LogP contribution in [0.3, 0.4) is 0 Å². The van der Waals surface area contributed by atoms with Gasteiger partial charge in [0, 0.05) is 30.0 Å². The first kappa shape index (κ1) is 19.2. The molecule has 0 aromatic heterocycles. The van der Waals surface area contributed by atoms with E-state index in [2.05, 4.69) is 4.99 Å². The van der Waals surface area contributed by atoms with E-state index in [1.807, 2.05) is 0 Å². The molecule has 0 atom stereocenters. The van der Waals surface area contributed by atoms with E-state index in [9.17, 15) is 13.6 Å². The van der Waals surface area contributed by atoms with Gasteiger partial charge in [0.15, 0.2) is 5.17 Å². The molecule has 2 aromatic carbocycles. The monoisotopic (exact) mass is 392 g/mol. The van der Waals surface area contributed by atoms with E-state index in [1.165, 1.54) is 23.8 Å². The van der Waals surface area contributed by atoms with Crippen molar-refractivity contribution in [2.45, 2.75) is 6.42 Å². The quantitative estimate of drug-likeness (QED) is 0.781. The van der Waals surface area contributed by atoms with E-state index in [0.29, 0.717) is 28.9 Å². The summed E-state index contributed by atoms with van der Waals surface area (Å²) in [5.74, 6) is -0.181. The van der Waals surface area contributed by atoms with Gasteiger partial charge in [0.2, 0.25) is 0 Å². The van der Waals surface area contributed by atoms with Crippen molar-refractivity contribution in [3.05, 3.63) is 53.6 Å². The summed E-state index contributed by atoms with van der Waals surface area (Å²) < 4.78 is 37.6. The molecular formula is C19H18F2N2O3S. The van der Waals surface area contributed by atoms with Gasteiger partial charge in [-0.2, -0.15) is 0 Å². The van der Waals surface area contributed by atoms with E-state index >= 15 is 0 Å². The second-order valence-electron chi connectivity index (χ2n) is 5.75. The van der Waals surface area contributed by atoms with Crippen LogP contribution in [0.4, 0.5) is 14.5 Å². The highest BCUT2D eigenvalue weighted by Gasteiger charge is 2.26. The zero-order valence-corrected chi connectivity index (χ0v) is 15.7. The number of amidine groups is 1. The number of methoxy groups -OCH3 is 2. The maximum absolute atomic E-state index is 13.5. The predicted molar refractivity (Wildman–Crippen MR) is 101 cm³/mol. The highest BCUT2D eigenvalue weighted by molar-refractivity contribution is 8.13. The smallest absolute Gasteiger partial charge is 0.260 e. The summed E-state index contributed by atoms with van der Waals surface area (Å²) in [7, 11) is 3.07. The Hall–Kier alpha value is -2.61. The van der Waals surface area contributed by atoms with Crippen LogP contribution in [0.25, 0.3) is 0 Å². The van der Waals surface area contributed by atoms with Crippen LogP contribution in [0.2, 0.25) is 0 Å². The van der Waals surface area contributed by atoms with Crippen molar-refractivity contribution in [1.29, 1.82) is 0 Å². The number of rotatable bonds is 4. The van der Waals surface area contributed by atoms with Gasteiger partial charge in [-0.25, -0.2) is 13.8 Å². The molecule has 8 heteroatoms. The molecule has 1 aliphatic heterocycles. The first-order valence-corrected chi connectivity index (χ1v) is 9.22. The third-order valence-electron chi connectivity index (χ3n) is 3.94. The molecule has 0 aliphatic carbocycles. The second kappa shape index (κ2) is 8.39. The number of hydrogen-bond acceptors (Lipinski definition) is 5. The molecule has 1 amide bonds. The highest BCUT2D eigenvalue weighted by atomic mass is 32.2. The number of carbonyl (C=O) groups is 1. The van der Waals surface area contributed by atoms with Gasteiger partial charge < -0.3 is 9.47 Å². The lowest BCUT2D eigenvalue weighted by atomic mass is 10.2. The lowest BCUT2D eigenvalue weighted by molar-refractivity contribution is 0.0848. The standard InChI is InChI=1S/C19H18F2N2O3S/c1-25-15-4-5-17(26-2)16(11-15)22-19-23(6-3-7-27-19)18(24)12-8-13(20)10-14(21)9-12/h4-5,8-11H,3,6-7H2,1-2H3. The molecule has 1 saturated heterocycles. The molecule has 142 valence electrons. The highest BCUT2D eigenvalue weighted by Crippen LogP contribution is 2.34. The van der Waals surface area contributed by atoms with Crippen molar-refractivity contribution >= 4 is 28.5 Å². The summed E-state index contributed by atoms with van der Waals surface area (Å²) in [6.07, 6.45) is 0.752. The number of thioether (sulfide) groups is 1. The third kappa shape index (κ3) is 4.39. The van der Waals surface area contributed by atoms with Crippen molar-refractivity contribution in [2.75, 3.05) is 26.5 Å². The van der Waals surface area contributed by atoms with Gasteiger partial charge in [-0.05, 0) is 30.7 Å². The van der Waals surface area contributed by atoms with Crippen LogP contribution in [0.15, 0.2) is 41.4 Å². The minimum absolute atomic E-state index is 0.0553. The minimum Gasteiger partial charge on any atom is -0.497 e. The van der Waals surface area contributed by atoms with Crippen LogP contribution in [0, 0.1) is 11.6 Å². The van der Waals surface area contributed by atoms with Crippen molar-refractivity contribution < 1.29 is 23.0 Å². The van der Waals surface area contributed by atoms with E-state index < -0.39 is 17.5 Å². The van der Waals surface area contributed by atoms with Crippen LogP contribution in [0.1, 0.15) is 16.8 Å². The largest absolute Gasteiger partial charge is 0.497 e. The van der Waals surface area contributed by atoms with Crippen LogP contribution in [-0.4, -0.2) is 42.5 Å². The molecule has 1 heterocycles. The normalized spacial score (nSPS) is 15.7. The van der Waals surface area contributed by atoms with E-state index in [1.54, 1.807) is 25.3 Å². The summed E-state index contributed by atoms with van der Waals surface area (Å²) in [5, 5.41) is 0.447. The SMILES string of the molecule is COc1ccc(OC)c(N=C2SCCCN2C(=O)c2cc(F)cc(F)c2)c1. The molecule has 0 spiro atoms. The summed E-state index contributed by atoms with van der Waals surface area (Å²) in [5.41, 5.74) is 0.449. The van der Waals surface area contributed by atoms with Gasteiger partial charge in [-0.1, -0.05) is 11.8 Å². The number of hydrogen-bond donors (Lipinski definition) is 0. The Morgan fingerprint density at radius 2 is 1.85 bits per heavy atom. The van der Waals surface area contributed by atoms with E-state index in [4.69, 9.17) is 9.47 Å². The van der Waals surface area contributed by atoms with Gasteiger partial charge in [0.25, 0.3) is 5.91 Å². The number of aliphatic imine (C=N–C) groups is 1. The third-order valence-corrected chi connectivity index (χ3v) is 5.01. The maximum Gasteiger partial charge on any atom is 0.260 e. The lowest BCUT2D eigenvalue weighted by Crippen LogP contribution is -2.39. The molecule has 0 radical (unpaired) electrons. The summed E-state index contributed by atoms with van der Waals surface area (Å²) in [6, 6.07) is 7.95. The molecule has 2 aromatic rings. The molecule has 0 saturated carbocycles. The zero-order chi connectivity index (χ0) is 19.4. The van der Waals surface area contributed by atoms with Crippen molar-refractivity contribution in [3.8, 4) is 11.5 Å².